The first-order valence-electron chi connectivity index (χ1n) is 5.62. The predicted octanol–water partition coefficient (Wildman–Crippen LogP) is 1.96. The van der Waals surface area contributed by atoms with Gasteiger partial charge in [-0.15, -0.1) is 0 Å². The van der Waals surface area contributed by atoms with Crippen molar-refractivity contribution >= 4 is 11.6 Å². The molecule has 0 aliphatic carbocycles. The van der Waals surface area contributed by atoms with Crippen molar-refractivity contribution in [3.63, 3.8) is 0 Å². The van der Waals surface area contributed by atoms with Gasteiger partial charge in [-0.2, -0.15) is 22.5 Å². The zero-order valence-electron chi connectivity index (χ0n) is 10.4. The highest BCUT2D eigenvalue weighted by Gasteiger charge is 2.23. The van der Waals surface area contributed by atoms with E-state index in [1.165, 1.54) is 6.92 Å². The Morgan fingerprint density at radius 1 is 1.21 bits per heavy atom. The van der Waals surface area contributed by atoms with Gasteiger partial charge in [-0.1, -0.05) is 6.92 Å². The molecule has 1 heterocycles. The monoisotopic (exact) mass is 279 g/mol. The number of halogens is 4. The Hall–Kier alpha value is -1.86. The van der Waals surface area contributed by atoms with Crippen LogP contribution in [0.1, 0.15) is 20.3 Å². The largest absolute Gasteiger partial charge is 0.369 e. The average molecular weight is 279 g/mol. The fourth-order valence-electron chi connectivity index (χ4n) is 1.30. The molecule has 1 aromatic rings. The summed E-state index contributed by atoms with van der Waals surface area (Å²) >= 11 is 0. The Labute approximate surface area is 107 Å². The molecule has 1 rings (SSSR count). The molecule has 0 aromatic carbocycles. The molecule has 0 fully saturated rings. The minimum absolute atomic E-state index is 0.384. The summed E-state index contributed by atoms with van der Waals surface area (Å²) in [4.78, 5) is 13.9. The molecule has 1 aromatic heterocycles. The molecule has 106 valence electrons. The SMILES string of the molecule is CCCNC(=O)C(C)Nc1c(F)c(F)nc(F)c1F. The Morgan fingerprint density at radius 2 is 1.74 bits per heavy atom. The minimum atomic E-state index is -1.78. The second-order valence-electron chi connectivity index (χ2n) is 3.85. The van der Waals surface area contributed by atoms with Crippen LogP contribution in [0.3, 0.4) is 0 Å². The third-order valence-corrected chi connectivity index (χ3v) is 2.30. The van der Waals surface area contributed by atoms with Crippen molar-refractivity contribution in [2.75, 3.05) is 11.9 Å². The number of nitrogens with zero attached hydrogens (tertiary/aromatic N) is 1. The van der Waals surface area contributed by atoms with Crippen molar-refractivity contribution in [1.29, 1.82) is 0 Å². The van der Waals surface area contributed by atoms with E-state index < -0.39 is 41.2 Å². The standard InChI is InChI=1S/C11H13F4N3O/c1-3-4-16-11(19)5(2)17-8-6(12)9(14)18-10(15)7(8)13/h5H,3-4H2,1-2H3,(H,16,19)(H,17,18). The Balaban J connectivity index is 2.90. The predicted molar refractivity (Wildman–Crippen MR) is 60.5 cm³/mol. The lowest BCUT2D eigenvalue weighted by atomic mass is 10.2. The van der Waals surface area contributed by atoms with Crippen LogP contribution in [0.15, 0.2) is 0 Å². The molecule has 2 N–H and O–H groups in total. The smallest absolute Gasteiger partial charge is 0.253 e. The molecule has 4 nitrogen and oxygen atoms in total. The summed E-state index contributed by atoms with van der Waals surface area (Å²) in [6, 6.07) is -1.06. The zero-order chi connectivity index (χ0) is 14.6. The van der Waals surface area contributed by atoms with Crippen LogP contribution in [0.2, 0.25) is 0 Å². The van der Waals surface area contributed by atoms with E-state index in [0.717, 1.165) is 0 Å². The van der Waals surface area contributed by atoms with E-state index >= 15 is 0 Å². The lowest BCUT2D eigenvalue weighted by Gasteiger charge is -2.16. The highest BCUT2D eigenvalue weighted by atomic mass is 19.2. The Kier molecular flexibility index (Phi) is 5.08. The van der Waals surface area contributed by atoms with E-state index in [9.17, 15) is 22.4 Å². The molecule has 8 heteroatoms. The lowest BCUT2D eigenvalue weighted by Crippen LogP contribution is -2.38. The van der Waals surface area contributed by atoms with Gasteiger partial charge in [0.1, 0.15) is 11.7 Å². The molecule has 1 unspecified atom stereocenters. The van der Waals surface area contributed by atoms with Crippen LogP contribution in [0.5, 0.6) is 0 Å². The molecule has 0 bridgehead atoms. The van der Waals surface area contributed by atoms with Crippen molar-refractivity contribution in [3.8, 4) is 0 Å². The first-order valence-corrected chi connectivity index (χ1v) is 5.62. The number of carbonyl (C=O) groups is 1. The van der Waals surface area contributed by atoms with Gasteiger partial charge in [0.25, 0.3) is 11.9 Å². The minimum Gasteiger partial charge on any atom is -0.369 e. The van der Waals surface area contributed by atoms with Gasteiger partial charge in [-0.25, -0.2) is 0 Å². The first-order chi connectivity index (χ1) is 8.88. The molecule has 19 heavy (non-hydrogen) atoms. The van der Waals surface area contributed by atoms with Crippen LogP contribution in [0, 0.1) is 23.5 Å². The fraction of sp³-hybridized carbons (Fsp3) is 0.455. The number of hydrogen-bond acceptors (Lipinski definition) is 3. The highest BCUT2D eigenvalue weighted by Crippen LogP contribution is 2.22. The van der Waals surface area contributed by atoms with Crippen molar-refractivity contribution in [2.45, 2.75) is 26.3 Å². The number of pyridine rings is 1. The third kappa shape index (κ3) is 3.55. The van der Waals surface area contributed by atoms with Gasteiger partial charge in [0.15, 0.2) is 0 Å². The van der Waals surface area contributed by atoms with Gasteiger partial charge < -0.3 is 10.6 Å². The van der Waals surface area contributed by atoms with Crippen molar-refractivity contribution in [1.82, 2.24) is 10.3 Å². The molecule has 0 spiro atoms. The van der Waals surface area contributed by atoms with E-state index in [1.807, 2.05) is 6.92 Å². The third-order valence-electron chi connectivity index (χ3n) is 2.30. The number of hydrogen-bond donors (Lipinski definition) is 2. The molecule has 0 radical (unpaired) electrons. The maximum atomic E-state index is 13.3. The maximum absolute atomic E-state index is 13.3. The van der Waals surface area contributed by atoms with Crippen molar-refractivity contribution in [3.05, 3.63) is 23.5 Å². The van der Waals surface area contributed by atoms with E-state index in [-0.39, 0.29) is 0 Å². The van der Waals surface area contributed by atoms with Crippen molar-refractivity contribution < 1.29 is 22.4 Å². The van der Waals surface area contributed by atoms with E-state index in [4.69, 9.17) is 0 Å². The molecular weight excluding hydrogens is 266 g/mol. The molecule has 1 amide bonds. The number of amides is 1. The summed E-state index contributed by atoms with van der Waals surface area (Å²) in [6.45, 7) is 3.51. The van der Waals surface area contributed by atoms with Gasteiger partial charge in [0.05, 0.1) is 0 Å². The topological polar surface area (TPSA) is 54.0 Å². The molecule has 0 aliphatic heterocycles. The number of anilines is 1. The zero-order valence-corrected chi connectivity index (χ0v) is 10.4. The van der Waals surface area contributed by atoms with E-state index in [1.54, 1.807) is 0 Å². The van der Waals surface area contributed by atoms with Gasteiger partial charge >= 0.3 is 0 Å². The normalized spacial score (nSPS) is 12.1. The van der Waals surface area contributed by atoms with Crippen molar-refractivity contribution in [2.24, 2.45) is 0 Å². The van der Waals surface area contributed by atoms with E-state index in [0.29, 0.717) is 13.0 Å². The fourth-order valence-corrected chi connectivity index (χ4v) is 1.30. The van der Waals surface area contributed by atoms with Gasteiger partial charge in [-0.05, 0) is 13.3 Å². The summed E-state index contributed by atoms with van der Waals surface area (Å²) in [5.74, 6) is -7.44. The van der Waals surface area contributed by atoms with Crippen LogP contribution in [-0.2, 0) is 4.79 Å². The van der Waals surface area contributed by atoms with E-state index in [2.05, 4.69) is 15.6 Å². The molecule has 1 atom stereocenters. The van der Waals surface area contributed by atoms with Crippen LogP contribution in [-0.4, -0.2) is 23.5 Å². The number of aromatic nitrogens is 1. The van der Waals surface area contributed by atoms with Crippen LogP contribution in [0.25, 0.3) is 0 Å². The first kappa shape index (κ1) is 15.2. The summed E-state index contributed by atoms with van der Waals surface area (Å²) in [7, 11) is 0. The number of rotatable bonds is 5. The lowest BCUT2D eigenvalue weighted by molar-refractivity contribution is -0.121. The van der Waals surface area contributed by atoms with Crippen LogP contribution >= 0.6 is 0 Å². The van der Waals surface area contributed by atoms with Crippen LogP contribution in [0.4, 0.5) is 23.2 Å². The quantitative estimate of drug-likeness (QED) is 0.640. The summed E-state index contributed by atoms with van der Waals surface area (Å²) in [5, 5.41) is 4.56. The Bertz CT molecular complexity index is 455. The van der Waals surface area contributed by atoms with Gasteiger partial charge in [0.2, 0.25) is 17.5 Å². The second kappa shape index (κ2) is 6.35. The number of nitrogens with one attached hydrogen (secondary N) is 2. The Morgan fingerprint density at radius 3 is 2.21 bits per heavy atom. The average Bonchev–Trinajstić information content (AvgIpc) is 2.38. The summed E-state index contributed by atoms with van der Waals surface area (Å²) in [5.41, 5.74) is -1.05. The number of carbonyl (C=O) groups excluding carboxylic acids is 1. The van der Waals surface area contributed by atoms with Gasteiger partial charge in [-0.3, -0.25) is 4.79 Å². The summed E-state index contributed by atoms with van der Waals surface area (Å²) < 4.78 is 52.2. The molecule has 0 aliphatic rings. The molecular formula is C11H13F4N3O. The maximum Gasteiger partial charge on any atom is 0.253 e. The molecule has 0 saturated carbocycles. The van der Waals surface area contributed by atoms with Crippen LogP contribution < -0.4 is 10.6 Å². The second-order valence-corrected chi connectivity index (χ2v) is 3.85. The molecule has 0 saturated heterocycles. The summed E-state index contributed by atoms with van der Waals surface area (Å²) in [6.07, 6.45) is 0.680. The highest BCUT2D eigenvalue weighted by molar-refractivity contribution is 5.84. The van der Waals surface area contributed by atoms with Gasteiger partial charge in [0, 0.05) is 6.54 Å².